The third kappa shape index (κ3) is 3.42. The lowest BCUT2D eigenvalue weighted by Crippen LogP contribution is -2.08. The first-order chi connectivity index (χ1) is 9.91. The molecule has 0 saturated heterocycles. The van der Waals surface area contributed by atoms with E-state index in [1.54, 1.807) is 19.1 Å². The van der Waals surface area contributed by atoms with E-state index in [0.717, 1.165) is 15.6 Å². The number of rotatable bonds is 4. The summed E-state index contributed by atoms with van der Waals surface area (Å²) in [7, 11) is 0. The molecule has 0 radical (unpaired) electrons. The molecule has 0 aliphatic heterocycles. The Kier molecular flexibility index (Phi) is 4.96. The Labute approximate surface area is 137 Å². The van der Waals surface area contributed by atoms with Gasteiger partial charge in [0.25, 0.3) is 0 Å². The Morgan fingerprint density at radius 3 is 2.38 bits per heavy atom. The quantitative estimate of drug-likeness (QED) is 0.573. The molecule has 0 aliphatic rings. The molecular formula is C17H14BrClO2. The molecule has 0 aliphatic carbocycles. The molecule has 2 aromatic rings. The zero-order chi connectivity index (χ0) is 15.6. The molecule has 0 bridgehead atoms. The molecule has 2 rings (SSSR count). The van der Waals surface area contributed by atoms with Gasteiger partial charge < -0.3 is 0 Å². The maximum Gasteiger partial charge on any atom is 0.228 e. The predicted molar refractivity (Wildman–Crippen MR) is 88.0 cm³/mol. The van der Waals surface area contributed by atoms with Crippen molar-refractivity contribution in [2.45, 2.75) is 19.8 Å². The average Bonchev–Trinajstić information content (AvgIpc) is 2.46. The van der Waals surface area contributed by atoms with E-state index in [0.29, 0.717) is 11.1 Å². The summed E-state index contributed by atoms with van der Waals surface area (Å²) in [6, 6.07) is 12.7. The fourth-order valence-corrected chi connectivity index (χ4v) is 2.67. The van der Waals surface area contributed by atoms with Crippen LogP contribution in [0.3, 0.4) is 0 Å². The monoisotopic (exact) mass is 364 g/mol. The van der Waals surface area contributed by atoms with Crippen molar-refractivity contribution < 1.29 is 9.59 Å². The molecule has 0 N–H and O–H groups in total. The molecular weight excluding hydrogens is 352 g/mol. The number of carbonyl (C=O) groups excluding carboxylic acids is 2. The van der Waals surface area contributed by atoms with E-state index < -0.39 is 11.2 Å². The number of hydrogen-bond donors (Lipinski definition) is 0. The van der Waals surface area contributed by atoms with Crippen LogP contribution in [0.4, 0.5) is 0 Å². The summed E-state index contributed by atoms with van der Waals surface area (Å²) >= 11 is 8.94. The number of benzene rings is 2. The van der Waals surface area contributed by atoms with Gasteiger partial charge in [-0.2, -0.15) is 0 Å². The maximum absolute atomic E-state index is 12.7. The van der Waals surface area contributed by atoms with Crippen LogP contribution in [0.15, 0.2) is 46.9 Å². The van der Waals surface area contributed by atoms with Crippen molar-refractivity contribution in [3.8, 4) is 0 Å². The number of aryl methyl sites for hydroxylation is 1. The van der Waals surface area contributed by atoms with Gasteiger partial charge in [0, 0.05) is 15.6 Å². The van der Waals surface area contributed by atoms with Crippen LogP contribution < -0.4 is 0 Å². The molecule has 4 heteroatoms. The highest BCUT2D eigenvalue weighted by molar-refractivity contribution is 9.10. The van der Waals surface area contributed by atoms with E-state index in [9.17, 15) is 9.59 Å². The summed E-state index contributed by atoms with van der Waals surface area (Å²) in [6.45, 7) is 3.60. The summed E-state index contributed by atoms with van der Waals surface area (Å²) in [4.78, 5) is 24.0. The zero-order valence-corrected chi connectivity index (χ0v) is 14.0. The molecule has 2 aromatic carbocycles. The topological polar surface area (TPSA) is 34.1 Å². The second kappa shape index (κ2) is 6.54. The van der Waals surface area contributed by atoms with Crippen LogP contribution in [0, 0.1) is 6.92 Å². The molecule has 0 heterocycles. The first-order valence-corrected chi connectivity index (χ1v) is 7.68. The minimum Gasteiger partial charge on any atom is -0.289 e. The first-order valence-electron chi connectivity index (χ1n) is 6.51. The Hall–Kier alpha value is -1.45. The molecule has 108 valence electrons. The molecule has 0 saturated carbocycles. The van der Waals surface area contributed by atoms with E-state index in [2.05, 4.69) is 15.9 Å². The van der Waals surface area contributed by atoms with E-state index in [4.69, 9.17) is 11.6 Å². The SMILES string of the molecule is Cc1ccc(C(C)C(=O)Cl)cc1C(=O)c1ccccc1Br. The van der Waals surface area contributed by atoms with Gasteiger partial charge in [-0.1, -0.05) is 47.1 Å². The summed E-state index contributed by atoms with van der Waals surface area (Å²) in [6.07, 6.45) is 0. The van der Waals surface area contributed by atoms with Crippen molar-refractivity contribution in [1.82, 2.24) is 0 Å². The second-order valence-electron chi connectivity index (χ2n) is 4.91. The lowest BCUT2D eigenvalue weighted by atomic mass is 9.93. The number of hydrogen-bond acceptors (Lipinski definition) is 2. The minimum absolute atomic E-state index is 0.0731. The molecule has 1 atom stereocenters. The van der Waals surface area contributed by atoms with Gasteiger partial charge in [-0.15, -0.1) is 0 Å². The average molecular weight is 366 g/mol. The van der Waals surface area contributed by atoms with Gasteiger partial charge in [0.05, 0.1) is 5.92 Å². The highest BCUT2D eigenvalue weighted by Gasteiger charge is 2.18. The predicted octanol–water partition coefficient (Wildman–Crippen LogP) is 4.86. The molecule has 2 nitrogen and oxygen atoms in total. The molecule has 1 unspecified atom stereocenters. The van der Waals surface area contributed by atoms with Gasteiger partial charge in [-0.25, -0.2) is 0 Å². The lowest BCUT2D eigenvalue weighted by Gasteiger charge is -2.12. The third-order valence-electron chi connectivity index (χ3n) is 3.47. The van der Waals surface area contributed by atoms with Crippen molar-refractivity contribution in [3.63, 3.8) is 0 Å². The normalized spacial score (nSPS) is 12.0. The molecule has 0 spiro atoms. The Morgan fingerprint density at radius 2 is 1.76 bits per heavy atom. The maximum atomic E-state index is 12.7. The summed E-state index contributed by atoms with van der Waals surface area (Å²) in [5, 5.41) is -0.432. The van der Waals surface area contributed by atoms with Crippen LogP contribution >= 0.6 is 27.5 Å². The Morgan fingerprint density at radius 1 is 1.10 bits per heavy atom. The van der Waals surface area contributed by atoms with Crippen LogP contribution in [0.25, 0.3) is 0 Å². The fourth-order valence-electron chi connectivity index (χ4n) is 2.08. The fraction of sp³-hybridized carbons (Fsp3) is 0.176. The van der Waals surface area contributed by atoms with Gasteiger partial charge in [0.15, 0.2) is 5.78 Å². The first kappa shape index (κ1) is 15.9. The Balaban J connectivity index is 2.49. The van der Waals surface area contributed by atoms with Crippen molar-refractivity contribution in [2.75, 3.05) is 0 Å². The van der Waals surface area contributed by atoms with Crippen molar-refractivity contribution >= 4 is 38.6 Å². The van der Waals surface area contributed by atoms with E-state index >= 15 is 0 Å². The highest BCUT2D eigenvalue weighted by atomic mass is 79.9. The van der Waals surface area contributed by atoms with Gasteiger partial charge in [0.1, 0.15) is 0 Å². The van der Waals surface area contributed by atoms with Gasteiger partial charge in [-0.05, 0) is 47.9 Å². The number of halogens is 2. The van der Waals surface area contributed by atoms with Crippen LogP contribution in [-0.2, 0) is 4.79 Å². The molecule has 0 amide bonds. The largest absolute Gasteiger partial charge is 0.289 e. The van der Waals surface area contributed by atoms with Crippen molar-refractivity contribution in [1.29, 1.82) is 0 Å². The molecule has 0 fully saturated rings. The summed E-state index contributed by atoms with van der Waals surface area (Å²) in [5.41, 5.74) is 2.80. The van der Waals surface area contributed by atoms with Gasteiger partial charge in [0.2, 0.25) is 5.24 Å². The van der Waals surface area contributed by atoms with Crippen LogP contribution in [-0.4, -0.2) is 11.0 Å². The highest BCUT2D eigenvalue weighted by Crippen LogP contribution is 2.25. The van der Waals surface area contributed by atoms with E-state index in [-0.39, 0.29) is 5.78 Å². The van der Waals surface area contributed by atoms with Crippen LogP contribution in [0.2, 0.25) is 0 Å². The molecule has 21 heavy (non-hydrogen) atoms. The van der Waals surface area contributed by atoms with Gasteiger partial charge >= 0.3 is 0 Å². The van der Waals surface area contributed by atoms with E-state index in [1.807, 2.05) is 37.3 Å². The number of ketones is 1. The minimum atomic E-state index is -0.432. The number of carbonyl (C=O) groups is 2. The third-order valence-corrected chi connectivity index (χ3v) is 4.48. The summed E-state index contributed by atoms with van der Waals surface area (Å²) in [5.74, 6) is -0.505. The van der Waals surface area contributed by atoms with Crippen molar-refractivity contribution in [3.05, 3.63) is 69.2 Å². The molecule has 0 aromatic heterocycles. The zero-order valence-electron chi connectivity index (χ0n) is 11.7. The van der Waals surface area contributed by atoms with Crippen LogP contribution in [0.5, 0.6) is 0 Å². The van der Waals surface area contributed by atoms with E-state index in [1.165, 1.54) is 0 Å². The lowest BCUT2D eigenvalue weighted by molar-refractivity contribution is -0.112. The second-order valence-corrected chi connectivity index (χ2v) is 6.14. The standard InChI is InChI=1S/C17H14BrClO2/c1-10-7-8-12(11(2)17(19)21)9-14(10)16(20)13-5-3-4-6-15(13)18/h3-9,11H,1-2H3. The smallest absolute Gasteiger partial charge is 0.228 e. The van der Waals surface area contributed by atoms with Gasteiger partial charge in [-0.3, -0.25) is 9.59 Å². The summed E-state index contributed by atoms with van der Waals surface area (Å²) < 4.78 is 0.751. The van der Waals surface area contributed by atoms with Crippen molar-refractivity contribution in [2.24, 2.45) is 0 Å². The Bertz CT molecular complexity index is 710. The van der Waals surface area contributed by atoms with Crippen LogP contribution in [0.1, 0.15) is 39.9 Å².